The molecule has 0 amide bonds. The van der Waals surface area contributed by atoms with Gasteiger partial charge in [0.15, 0.2) is 9.84 Å². The van der Waals surface area contributed by atoms with Gasteiger partial charge in [-0.1, -0.05) is 38.1 Å². The van der Waals surface area contributed by atoms with Crippen molar-refractivity contribution in [1.29, 1.82) is 0 Å². The minimum Gasteiger partial charge on any atom is -0.224 e. The third-order valence-electron chi connectivity index (χ3n) is 4.04. The van der Waals surface area contributed by atoms with Crippen LogP contribution in [0.5, 0.6) is 0 Å². The van der Waals surface area contributed by atoms with E-state index in [-0.39, 0.29) is 5.82 Å². The summed E-state index contributed by atoms with van der Waals surface area (Å²) >= 11 is 0. The van der Waals surface area contributed by atoms with Gasteiger partial charge in [0.05, 0.1) is 4.90 Å². The second-order valence-electron chi connectivity index (χ2n) is 5.61. The van der Waals surface area contributed by atoms with Gasteiger partial charge < -0.3 is 0 Å². The molecule has 2 aromatic carbocycles. The van der Waals surface area contributed by atoms with Crippen molar-refractivity contribution < 1.29 is 12.8 Å². The zero-order chi connectivity index (χ0) is 17.7. The number of sulfone groups is 1. The number of hydrogen-bond donors (Lipinski definition) is 0. The van der Waals surface area contributed by atoms with Crippen molar-refractivity contribution in [3.63, 3.8) is 0 Å². The zero-order valence-electron chi connectivity index (χ0n) is 14.3. The van der Waals surface area contributed by atoms with Crippen LogP contribution in [0.2, 0.25) is 0 Å². The fourth-order valence-corrected chi connectivity index (χ4v) is 3.57. The first-order valence-corrected chi connectivity index (χ1v) is 10.1. The third kappa shape index (κ3) is 4.12. The molecule has 0 N–H and O–H groups in total. The molecule has 0 unspecified atom stereocenters. The lowest BCUT2D eigenvalue weighted by molar-refractivity contribution is 0.602. The Morgan fingerprint density at radius 1 is 0.792 bits per heavy atom. The summed E-state index contributed by atoms with van der Waals surface area (Å²) in [7, 11) is -3.17. The molecule has 0 saturated heterocycles. The van der Waals surface area contributed by atoms with Crippen molar-refractivity contribution in [3.05, 3.63) is 65.5 Å². The lowest BCUT2D eigenvalue weighted by Gasteiger charge is -2.09. The molecular weight excluding hydrogens is 323 g/mol. The quantitative estimate of drug-likeness (QED) is 0.751. The number of hydrogen-bond acceptors (Lipinski definition) is 2. The van der Waals surface area contributed by atoms with Gasteiger partial charge in [-0.2, -0.15) is 0 Å². The molecule has 0 fully saturated rings. The molecule has 1 aliphatic carbocycles. The van der Waals surface area contributed by atoms with Crippen LogP contribution in [0.4, 0.5) is 4.39 Å². The molecular formula is C20H23FO2S. The molecule has 1 aliphatic rings. The Kier molecular flexibility index (Phi) is 5.94. The Balaban J connectivity index is 0.00000100. The highest BCUT2D eigenvalue weighted by atomic mass is 32.2. The molecule has 2 nitrogen and oxygen atoms in total. The van der Waals surface area contributed by atoms with Crippen molar-refractivity contribution in [3.8, 4) is 0 Å². The van der Waals surface area contributed by atoms with Gasteiger partial charge in [-0.25, -0.2) is 12.8 Å². The van der Waals surface area contributed by atoms with Gasteiger partial charge >= 0.3 is 0 Å². The van der Waals surface area contributed by atoms with Crippen LogP contribution in [0.3, 0.4) is 0 Å². The molecule has 0 bridgehead atoms. The summed E-state index contributed by atoms with van der Waals surface area (Å²) in [5, 5.41) is 0. The smallest absolute Gasteiger partial charge is 0.175 e. The molecule has 4 heteroatoms. The molecule has 0 aromatic heterocycles. The predicted molar refractivity (Wildman–Crippen MR) is 98.0 cm³/mol. The van der Waals surface area contributed by atoms with Gasteiger partial charge in [0.2, 0.25) is 0 Å². The Hall–Kier alpha value is -1.94. The largest absolute Gasteiger partial charge is 0.224 e. The molecule has 24 heavy (non-hydrogen) atoms. The molecule has 3 rings (SSSR count). The first-order chi connectivity index (χ1) is 11.4. The highest BCUT2D eigenvalue weighted by molar-refractivity contribution is 7.90. The Labute approximate surface area is 144 Å². The summed E-state index contributed by atoms with van der Waals surface area (Å²) in [6.45, 7) is 4.00. The maximum atomic E-state index is 13.1. The molecule has 0 saturated carbocycles. The third-order valence-corrected chi connectivity index (χ3v) is 5.17. The number of halogens is 1. The van der Waals surface area contributed by atoms with Crippen molar-refractivity contribution in [2.24, 2.45) is 0 Å². The maximum Gasteiger partial charge on any atom is 0.175 e. The Morgan fingerprint density at radius 3 is 1.62 bits per heavy atom. The Morgan fingerprint density at radius 2 is 1.21 bits per heavy atom. The van der Waals surface area contributed by atoms with Crippen LogP contribution in [0.25, 0.3) is 11.1 Å². The van der Waals surface area contributed by atoms with Crippen LogP contribution in [-0.2, 0) is 9.84 Å². The minimum absolute atomic E-state index is 0.235. The van der Waals surface area contributed by atoms with Crippen molar-refractivity contribution in [2.45, 2.75) is 38.0 Å². The minimum atomic E-state index is -3.17. The standard InChI is InChI=1S/C18H17FO2S.C2H6/c1-22(20,21)16-11-7-14(8-12-16)18-4-2-3-17(18)13-5-9-15(19)10-6-13;1-2/h5-12H,2-4H2,1H3;1-2H3. The lowest BCUT2D eigenvalue weighted by atomic mass is 9.97. The van der Waals surface area contributed by atoms with Gasteiger partial charge in [-0.3, -0.25) is 0 Å². The first-order valence-electron chi connectivity index (χ1n) is 8.23. The maximum absolute atomic E-state index is 13.1. The topological polar surface area (TPSA) is 34.1 Å². The normalized spacial score (nSPS) is 14.3. The number of benzene rings is 2. The van der Waals surface area contributed by atoms with E-state index in [1.54, 1.807) is 24.3 Å². The van der Waals surface area contributed by atoms with Crippen LogP contribution in [0, 0.1) is 5.82 Å². The van der Waals surface area contributed by atoms with Crippen molar-refractivity contribution in [1.82, 2.24) is 0 Å². The van der Waals surface area contributed by atoms with Crippen LogP contribution < -0.4 is 0 Å². The van der Waals surface area contributed by atoms with Gasteiger partial charge in [0.1, 0.15) is 5.82 Å². The van der Waals surface area contributed by atoms with Gasteiger partial charge in [0, 0.05) is 6.26 Å². The van der Waals surface area contributed by atoms with Crippen LogP contribution in [0.1, 0.15) is 44.2 Å². The van der Waals surface area contributed by atoms with Gasteiger partial charge in [-0.05, 0) is 65.8 Å². The monoisotopic (exact) mass is 346 g/mol. The highest BCUT2D eigenvalue weighted by Crippen LogP contribution is 2.39. The van der Waals surface area contributed by atoms with E-state index in [0.29, 0.717) is 4.90 Å². The molecule has 0 radical (unpaired) electrons. The predicted octanol–water partition coefficient (Wildman–Crippen LogP) is 5.35. The second-order valence-corrected chi connectivity index (χ2v) is 7.63. The molecule has 128 valence electrons. The van der Waals surface area contributed by atoms with Gasteiger partial charge in [0.25, 0.3) is 0 Å². The summed E-state index contributed by atoms with van der Waals surface area (Å²) in [6.07, 6.45) is 4.20. The summed E-state index contributed by atoms with van der Waals surface area (Å²) < 4.78 is 36.1. The highest BCUT2D eigenvalue weighted by Gasteiger charge is 2.18. The second kappa shape index (κ2) is 7.75. The summed E-state index contributed by atoms with van der Waals surface area (Å²) in [6, 6.07) is 13.6. The molecule has 0 atom stereocenters. The molecule has 0 aliphatic heterocycles. The first kappa shape index (κ1) is 18.4. The average Bonchev–Trinajstić information content (AvgIpc) is 3.06. The van der Waals surface area contributed by atoms with Crippen LogP contribution >= 0.6 is 0 Å². The number of rotatable bonds is 3. The fraction of sp³-hybridized carbons (Fsp3) is 0.300. The van der Waals surface area contributed by atoms with E-state index in [1.165, 1.54) is 29.5 Å². The van der Waals surface area contributed by atoms with E-state index < -0.39 is 9.84 Å². The van der Waals surface area contributed by atoms with Crippen LogP contribution in [0.15, 0.2) is 53.4 Å². The van der Waals surface area contributed by atoms with E-state index in [9.17, 15) is 12.8 Å². The van der Waals surface area contributed by atoms with Crippen molar-refractivity contribution >= 4 is 21.0 Å². The SMILES string of the molecule is CC.CS(=O)(=O)c1ccc(C2=C(c3ccc(F)cc3)CCC2)cc1. The zero-order valence-corrected chi connectivity index (χ0v) is 15.2. The fourth-order valence-electron chi connectivity index (χ4n) is 2.94. The summed E-state index contributed by atoms with van der Waals surface area (Å²) in [4.78, 5) is 0.332. The Bertz CT molecular complexity index is 817. The van der Waals surface area contributed by atoms with Crippen molar-refractivity contribution in [2.75, 3.05) is 6.26 Å². The summed E-state index contributed by atoms with van der Waals surface area (Å²) in [5.74, 6) is -0.235. The number of allylic oxidation sites excluding steroid dienone is 2. The molecule has 0 heterocycles. The average molecular weight is 346 g/mol. The van der Waals surface area contributed by atoms with E-state index in [4.69, 9.17) is 0 Å². The molecule has 2 aromatic rings. The van der Waals surface area contributed by atoms with E-state index in [0.717, 1.165) is 30.4 Å². The molecule has 0 spiro atoms. The van der Waals surface area contributed by atoms with E-state index in [2.05, 4.69) is 0 Å². The van der Waals surface area contributed by atoms with E-state index in [1.807, 2.05) is 26.0 Å². The summed E-state index contributed by atoms with van der Waals surface area (Å²) in [5.41, 5.74) is 4.55. The lowest BCUT2D eigenvalue weighted by Crippen LogP contribution is -1.97. The van der Waals surface area contributed by atoms with Gasteiger partial charge in [-0.15, -0.1) is 0 Å². The van der Waals surface area contributed by atoms with Crippen LogP contribution in [-0.4, -0.2) is 14.7 Å². The van der Waals surface area contributed by atoms with E-state index >= 15 is 0 Å².